The molecule has 0 radical (unpaired) electrons. The molecule has 0 spiro atoms. The van der Waals surface area contributed by atoms with Crippen molar-refractivity contribution in [1.29, 1.82) is 0 Å². The number of hydrogen-bond donors (Lipinski definition) is 1. The topological polar surface area (TPSA) is 20.2 Å². The maximum absolute atomic E-state index is 13.6. The van der Waals surface area contributed by atoms with E-state index in [-0.39, 0.29) is 16.1 Å². The lowest BCUT2D eigenvalue weighted by Gasteiger charge is -2.13. The van der Waals surface area contributed by atoms with Crippen molar-refractivity contribution in [2.24, 2.45) is 0 Å². The summed E-state index contributed by atoms with van der Waals surface area (Å²) in [6.07, 6.45) is -1.45. The van der Waals surface area contributed by atoms with E-state index in [2.05, 4.69) is 0 Å². The van der Waals surface area contributed by atoms with Crippen molar-refractivity contribution in [2.45, 2.75) is 6.10 Å². The molecular formula is C13H8ClF3O. The van der Waals surface area contributed by atoms with E-state index >= 15 is 0 Å². The Morgan fingerprint density at radius 3 is 2.11 bits per heavy atom. The molecule has 94 valence electrons. The summed E-state index contributed by atoms with van der Waals surface area (Å²) in [5, 5.41) is 10.1. The number of rotatable bonds is 2. The molecule has 0 heterocycles. The third-order valence-electron chi connectivity index (χ3n) is 2.46. The van der Waals surface area contributed by atoms with Gasteiger partial charge in [-0.05, 0) is 29.8 Å². The van der Waals surface area contributed by atoms with Gasteiger partial charge in [0.15, 0.2) is 0 Å². The molecule has 2 aromatic rings. The predicted octanol–water partition coefficient (Wildman–Crippen LogP) is 3.84. The highest BCUT2D eigenvalue weighted by Crippen LogP contribution is 2.27. The van der Waals surface area contributed by atoms with Crippen LogP contribution in [-0.4, -0.2) is 5.11 Å². The Kier molecular flexibility index (Phi) is 3.59. The van der Waals surface area contributed by atoms with Gasteiger partial charge in [-0.1, -0.05) is 17.7 Å². The Bertz CT molecular complexity index is 566. The van der Waals surface area contributed by atoms with E-state index in [4.69, 9.17) is 11.6 Å². The smallest absolute Gasteiger partial charge is 0.130 e. The Hall–Kier alpha value is -1.52. The zero-order valence-corrected chi connectivity index (χ0v) is 9.76. The SMILES string of the molecule is OC(c1cc(F)cc(F)c1)c1ccc(Cl)cc1F. The molecule has 0 aliphatic rings. The number of aliphatic hydroxyl groups is 1. The molecule has 0 aromatic heterocycles. The number of hydrogen-bond acceptors (Lipinski definition) is 1. The molecule has 1 N–H and O–H groups in total. The summed E-state index contributed by atoms with van der Waals surface area (Å²) in [5.41, 5.74) is -0.155. The molecule has 2 aromatic carbocycles. The van der Waals surface area contributed by atoms with Gasteiger partial charge in [0.25, 0.3) is 0 Å². The molecule has 5 heteroatoms. The van der Waals surface area contributed by atoms with Gasteiger partial charge in [0.05, 0.1) is 0 Å². The zero-order valence-electron chi connectivity index (χ0n) is 9.00. The minimum atomic E-state index is -1.45. The standard InChI is InChI=1S/C13H8ClF3O/c14-8-1-2-11(12(17)5-8)13(18)7-3-9(15)6-10(16)4-7/h1-6,13,18H. The number of aliphatic hydroxyl groups excluding tert-OH is 1. The van der Waals surface area contributed by atoms with Gasteiger partial charge in [-0.25, -0.2) is 13.2 Å². The minimum Gasteiger partial charge on any atom is -0.384 e. The van der Waals surface area contributed by atoms with Gasteiger partial charge < -0.3 is 5.11 Å². The largest absolute Gasteiger partial charge is 0.384 e. The third kappa shape index (κ3) is 2.66. The Labute approximate surface area is 106 Å². The van der Waals surface area contributed by atoms with Gasteiger partial charge in [-0.3, -0.25) is 0 Å². The first-order valence-corrected chi connectivity index (χ1v) is 5.44. The van der Waals surface area contributed by atoms with Crippen molar-refractivity contribution in [3.63, 3.8) is 0 Å². The van der Waals surface area contributed by atoms with Gasteiger partial charge in [0.2, 0.25) is 0 Å². The van der Waals surface area contributed by atoms with Crippen molar-refractivity contribution in [2.75, 3.05) is 0 Å². The first-order chi connectivity index (χ1) is 8.47. The van der Waals surface area contributed by atoms with Gasteiger partial charge in [-0.15, -0.1) is 0 Å². The molecule has 1 atom stereocenters. The summed E-state index contributed by atoms with van der Waals surface area (Å²) < 4.78 is 39.6. The minimum absolute atomic E-state index is 0.0614. The monoisotopic (exact) mass is 272 g/mol. The van der Waals surface area contributed by atoms with E-state index < -0.39 is 23.6 Å². The zero-order chi connectivity index (χ0) is 13.3. The van der Waals surface area contributed by atoms with E-state index in [0.717, 1.165) is 18.2 Å². The van der Waals surface area contributed by atoms with Crippen molar-refractivity contribution in [3.8, 4) is 0 Å². The van der Waals surface area contributed by atoms with E-state index in [1.165, 1.54) is 12.1 Å². The van der Waals surface area contributed by atoms with Crippen molar-refractivity contribution in [1.82, 2.24) is 0 Å². The van der Waals surface area contributed by atoms with Crippen LogP contribution in [-0.2, 0) is 0 Å². The molecule has 0 aliphatic heterocycles. The van der Waals surface area contributed by atoms with Crippen LogP contribution < -0.4 is 0 Å². The second-order valence-electron chi connectivity index (χ2n) is 3.77. The molecule has 1 nitrogen and oxygen atoms in total. The maximum Gasteiger partial charge on any atom is 0.130 e. The second-order valence-corrected chi connectivity index (χ2v) is 4.21. The second kappa shape index (κ2) is 5.00. The lowest BCUT2D eigenvalue weighted by molar-refractivity contribution is 0.214. The molecule has 2 rings (SSSR count). The van der Waals surface area contributed by atoms with Gasteiger partial charge in [0.1, 0.15) is 23.6 Å². The van der Waals surface area contributed by atoms with E-state index in [1.807, 2.05) is 0 Å². The van der Waals surface area contributed by atoms with Crippen LogP contribution in [0.2, 0.25) is 5.02 Å². The van der Waals surface area contributed by atoms with E-state index in [1.54, 1.807) is 0 Å². The Morgan fingerprint density at radius 1 is 0.944 bits per heavy atom. The van der Waals surface area contributed by atoms with Crippen LogP contribution in [0.3, 0.4) is 0 Å². The molecule has 0 saturated heterocycles. The average Bonchev–Trinajstić information content (AvgIpc) is 2.26. The van der Waals surface area contributed by atoms with Crippen LogP contribution in [0.5, 0.6) is 0 Å². The molecule has 0 aliphatic carbocycles. The van der Waals surface area contributed by atoms with Crippen LogP contribution in [0.15, 0.2) is 36.4 Å². The number of benzene rings is 2. The quantitative estimate of drug-likeness (QED) is 0.881. The maximum atomic E-state index is 13.6. The van der Waals surface area contributed by atoms with Crippen molar-refractivity contribution < 1.29 is 18.3 Å². The summed E-state index contributed by atoms with van der Waals surface area (Å²) in [6, 6.07) is 6.25. The van der Waals surface area contributed by atoms with Crippen molar-refractivity contribution in [3.05, 3.63) is 70.0 Å². The molecule has 18 heavy (non-hydrogen) atoms. The lowest BCUT2D eigenvalue weighted by Crippen LogP contribution is -2.03. The predicted molar refractivity (Wildman–Crippen MR) is 61.8 cm³/mol. The van der Waals surface area contributed by atoms with Gasteiger partial charge in [0, 0.05) is 16.7 Å². The van der Waals surface area contributed by atoms with Crippen LogP contribution >= 0.6 is 11.6 Å². The summed E-state index contributed by atoms with van der Waals surface area (Å²) in [7, 11) is 0. The Balaban J connectivity index is 2.44. The summed E-state index contributed by atoms with van der Waals surface area (Å²) in [5.74, 6) is -2.41. The highest BCUT2D eigenvalue weighted by atomic mass is 35.5. The fourth-order valence-corrected chi connectivity index (χ4v) is 1.79. The molecule has 1 unspecified atom stereocenters. The Morgan fingerprint density at radius 2 is 1.56 bits per heavy atom. The fraction of sp³-hybridized carbons (Fsp3) is 0.0769. The molecule has 0 saturated carbocycles. The third-order valence-corrected chi connectivity index (χ3v) is 2.69. The molecular weight excluding hydrogens is 265 g/mol. The fourth-order valence-electron chi connectivity index (χ4n) is 1.64. The summed E-state index contributed by atoms with van der Waals surface area (Å²) >= 11 is 5.58. The molecule has 0 bridgehead atoms. The van der Waals surface area contributed by atoms with Crippen LogP contribution in [0.4, 0.5) is 13.2 Å². The highest BCUT2D eigenvalue weighted by molar-refractivity contribution is 6.30. The van der Waals surface area contributed by atoms with Crippen LogP contribution in [0.1, 0.15) is 17.2 Å². The summed E-state index contributed by atoms with van der Waals surface area (Å²) in [4.78, 5) is 0. The first kappa shape index (κ1) is 12.9. The summed E-state index contributed by atoms with van der Waals surface area (Å²) in [6.45, 7) is 0. The number of halogens is 4. The molecule has 0 fully saturated rings. The highest BCUT2D eigenvalue weighted by Gasteiger charge is 2.16. The molecule has 0 amide bonds. The first-order valence-electron chi connectivity index (χ1n) is 5.06. The van der Waals surface area contributed by atoms with Gasteiger partial charge >= 0.3 is 0 Å². The lowest BCUT2D eigenvalue weighted by atomic mass is 10.0. The average molecular weight is 273 g/mol. The van der Waals surface area contributed by atoms with Crippen LogP contribution in [0, 0.1) is 17.5 Å². The normalized spacial score (nSPS) is 12.5. The van der Waals surface area contributed by atoms with E-state index in [0.29, 0.717) is 6.07 Å². The van der Waals surface area contributed by atoms with Crippen molar-refractivity contribution >= 4 is 11.6 Å². The van der Waals surface area contributed by atoms with Gasteiger partial charge in [-0.2, -0.15) is 0 Å². The van der Waals surface area contributed by atoms with E-state index in [9.17, 15) is 18.3 Å². The van der Waals surface area contributed by atoms with Crippen LogP contribution in [0.25, 0.3) is 0 Å².